The molecule has 0 bridgehead atoms. The lowest BCUT2D eigenvalue weighted by Crippen LogP contribution is -2.49. The zero-order chi connectivity index (χ0) is 20.7. The topological polar surface area (TPSA) is 84.5 Å². The van der Waals surface area contributed by atoms with Crippen molar-refractivity contribution in [2.75, 3.05) is 31.1 Å². The van der Waals surface area contributed by atoms with E-state index in [-0.39, 0.29) is 5.91 Å². The quantitative estimate of drug-likeness (QED) is 0.520. The number of aromatic nitrogens is 6. The summed E-state index contributed by atoms with van der Waals surface area (Å²) in [6.07, 6.45) is 7.20. The maximum atomic E-state index is 13.2. The van der Waals surface area contributed by atoms with Crippen molar-refractivity contribution in [3.05, 3.63) is 66.4 Å². The molecular weight excluding hydrogens is 380 g/mol. The molecule has 5 heterocycles. The number of pyridine rings is 1. The fraction of sp³-hybridized carbons (Fsp3) is 0.286. The zero-order valence-corrected chi connectivity index (χ0v) is 16.9. The number of carbonyl (C=O) groups excluding carboxylic acids is 1. The number of anilines is 1. The standard InChI is InChI=1S/C21H22N8O/c1-15-20(29-7-4-3-5-17(29)23-15)21(30)27-11-9-26(10-12-27)18-13-19(25-16(2)24-18)28-8-6-22-14-28/h3-8,13-14H,9-12H2,1-2H3. The van der Waals surface area contributed by atoms with Gasteiger partial charge >= 0.3 is 0 Å². The average Bonchev–Trinajstić information content (AvgIpc) is 3.40. The highest BCUT2D eigenvalue weighted by molar-refractivity contribution is 5.94. The number of piperazine rings is 1. The molecule has 1 aliphatic heterocycles. The molecule has 0 aliphatic carbocycles. The van der Waals surface area contributed by atoms with Gasteiger partial charge in [0.15, 0.2) is 0 Å². The van der Waals surface area contributed by atoms with Crippen molar-refractivity contribution >= 4 is 17.4 Å². The Hall–Kier alpha value is -3.75. The number of amides is 1. The van der Waals surface area contributed by atoms with Crippen LogP contribution in [0.25, 0.3) is 11.5 Å². The van der Waals surface area contributed by atoms with Crippen molar-refractivity contribution in [3.8, 4) is 5.82 Å². The van der Waals surface area contributed by atoms with E-state index in [4.69, 9.17) is 0 Å². The van der Waals surface area contributed by atoms with Gasteiger partial charge in [-0.3, -0.25) is 13.8 Å². The first-order valence-corrected chi connectivity index (χ1v) is 9.92. The molecule has 30 heavy (non-hydrogen) atoms. The number of carbonyl (C=O) groups is 1. The maximum Gasteiger partial charge on any atom is 0.272 e. The molecule has 5 rings (SSSR count). The van der Waals surface area contributed by atoms with Gasteiger partial charge in [0.05, 0.1) is 5.69 Å². The molecular formula is C21H22N8O. The van der Waals surface area contributed by atoms with Gasteiger partial charge in [-0.25, -0.2) is 19.9 Å². The van der Waals surface area contributed by atoms with Crippen molar-refractivity contribution in [2.24, 2.45) is 0 Å². The van der Waals surface area contributed by atoms with Crippen LogP contribution in [-0.2, 0) is 0 Å². The van der Waals surface area contributed by atoms with E-state index in [1.54, 1.807) is 12.5 Å². The average molecular weight is 402 g/mol. The summed E-state index contributed by atoms with van der Waals surface area (Å²) in [4.78, 5) is 35.0. The summed E-state index contributed by atoms with van der Waals surface area (Å²) in [5, 5.41) is 0. The molecule has 1 fully saturated rings. The monoisotopic (exact) mass is 402 g/mol. The van der Waals surface area contributed by atoms with Crippen LogP contribution in [0.5, 0.6) is 0 Å². The molecule has 0 saturated carbocycles. The van der Waals surface area contributed by atoms with Gasteiger partial charge in [-0.2, -0.15) is 0 Å². The zero-order valence-electron chi connectivity index (χ0n) is 16.9. The highest BCUT2D eigenvalue weighted by atomic mass is 16.2. The van der Waals surface area contributed by atoms with Crippen LogP contribution >= 0.6 is 0 Å². The van der Waals surface area contributed by atoms with Crippen LogP contribution in [0.15, 0.2) is 49.2 Å². The van der Waals surface area contributed by atoms with Crippen molar-refractivity contribution in [1.29, 1.82) is 0 Å². The molecule has 1 amide bonds. The van der Waals surface area contributed by atoms with Crippen LogP contribution in [-0.4, -0.2) is 65.9 Å². The largest absolute Gasteiger partial charge is 0.353 e. The van der Waals surface area contributed by atoms with Gasteiger partial charge in [-0.1, -0.05) is 6.07 Å². The molecule has 0 unspecified atom stereocenters. The molecule has 152 valence electrons. The lowest BCUT2D eigenvalue weighted by molar-refractivity contribution is 0.0738. The number of hydrogen-bond donors (Lipinski definition) is 0. The molecule has 9 nitrogen and oxygen atoms in total. The first kappa shape index (κ1) is 18.3. The van der Waals surface area contributed by atoms with Crippen molar-refractivity contribution in [3.63, 3.8) is 0 Å². The molecule has 0 radical (unpaired) electrons. The van der Waals surface area contributed by atoms with Crippen LogP contribution in [0.4, 0.5) is 5.82 Å². The molecule has 4 aromatic heterocycles. The minimum absolute atomic E-state index is 0.0174. The van der Waals surface area contributed by atoms with E-state index in [1.165, 1.54) is 0 Å². The smallest absolute Gasteiger partial charge is 0.272 e. The number of hydrogen-bond acceptors (Lipinski definition) is 6. The van der Waals surface area contributed by atoms with Crippen molar-refractivity contribution < 1.29 is 4.79 Å². The predicted molar refractivity (Wildman–Crippen MR) is 112 cm³/mol. The van der Waals surface area contributed by atoms with Gasteiger partial charge in [0.2, 0.25) is 0 Å². The second-order valence-electron chi connectivity index (χ2n) is 7.36. The molecule has 1 aliphatic rings. The number of imidazole rings is 2. The normalized spacial score (nSPS) is 14.5. The van der Waals surface area contributed by atoms with Gasteiger partial charge < -0.3 is 9.80 Å². The van der Waals surface area contributed by atoms with Gasteiger partial charge in [0, 0.05) is 50.8 Å². The van der Waals surface area contributed by atoms with E-state index < -0.39 is 0 Å². The summed E-state index contributed by atoms with van der Waals surface area (Å²) >= 11 is 0. The maximum absolute atomic E-state index is 13.2. The molecule has 0 atom stereocenters. The molecule has 4 aromatic rings. The van der Waals surface area contributed by atoms with Crippen molar-refractivity contribution in [2.45, 2.75) is 13.8 Å². The van der Waals surface area contributed by atoms with Crippen LogP contribution in [0, 0.1) is 13.8 Å². The predicted octanol–water partition coefficient (Wildman–Crippen LogP) is 1.89. The van der Waals surface area contributed by atoms with E-state index in [2.05, 4.69) is 24.8 Å². The van der Waals surface area contributed by atoms with Crippen LogP contribution in [0.1, 0.15) is 22.0 Å². The van der Waals surface area contributed by atoms with E-state index in [0.717, 1.165) is 23.0 Å². The van der Waals surface area contributed by atoms with E-state index >= 15 is 0 Å². The van der Waals surface area contributed by atoms with Crippen molar-refractivity contribution in [1.82, 2.24) is 33.8 Å². The fourth-order valence-corrected chi connectivity index (χ4v) is 3.89. The highest BCUT2D eigenvalue weighted by Gasteiger charge is 2.27. The van der Waals surface area contributed by atoms with Gasteiger partial charge in [-0.15, -0.1) is 0 Å². The molecule has 0 spiro atoms. The minimum atomic E-state index is 0.0174. The Balaban J connectivity index is 1.34. The summed E-state index contributed by atoms with van der Waals surface area (Å²) in [6.45, 7) is 6.45. The highest BCUT2D eigenvalue weighted by Crippen LogP contribution is 2.20. The first-order valence-electron chi connectivity index (χ1n) is 9.92. The Bertz CT molecular complexity index is 1210. The lowest BCUT2D eigenvalue weighted by atomic mass is 10.2. The summed E-state index contributed by atoms with van der Waals surface area (Å²) in [5.41, 5.74) is 2.19. The Morgan fingerprint density at radius 2 is 1.77 bits per heavy atom. The third-order valence-electron chi connectivity index (χ3n) is 5.38. The third-order valence-corrected chi connectivity index (χ3v) is 5.38. The van der Waals surface area contributed by atoms with E-state index in [0.29, 0.717) is 37.7 Å². The van der Waals surface area contributed by atoms with E-state index in [9.17, 15) is 4.79 Å². The summed E-state index contributed by atoms with van der Waals surface area (Å²) in [6, 6.07) is 7.71. The SMILES string of the molecule is Cc1nc(N2CCN(C(=O)c3c(C)nc4ccccn34)CC2)cc(-n2ccnc2)n1. The minimum Gasteiger partial charge on any atom is -0.353 e. The number of rotatable bonds is 3. The lowest BCUT2D eigenvalue weighted by Gasteiger charge is -2.35. The fourth-order valence-electron chi connectivity index (χ4n) is 3.89. The second-order valence-corrected chi connectivity index (χ2v) is 7.36. The Labute approximate surface area is 173 Å². The van der Waals surface area contributed by atoms with Gasteiger partial charge in [0.1, 0.15) is 35.1 Å². The van der Waals surface area contributed by atoms with Crippen LogP contribution in [0.3, 0.4) is 0 Å². The van der Waals surface area contributed by atoms with E-state index in [1.807, 2.05) is 64.4 Å². The number of nitrogens with zero attached hydrogens (tertiary/aromatic N) is 8. The number of aryl methyl sites for hydroxylation is 2. The Morgan fingerprint density at radius 1 is 0.967 bits per heavy atom. The Kier molecular flexibility index (Phi) is 4.42. The molecule has 0 N–H and O–H groups in total. The van der Waals surface area contributed by atoms with Gasteiger partial charge in [-0.05, 0) is 26.0 Å². The molecule has 9 heteroatoms. The summed E-state index contributed by atoms with van der Waals surface area (Å²) < 4.78 is 3.74. The summed E-state index contributed by atoms with van der Waals surface area (Å²) in [7, 11) is 0. The molecule has 1 saturated heterocycles. The third kappa shape index (κ3) is 3.18. The second kappa shape index (κ2) is 7.25. The summed E-state index contributed by atoms with van der Waals surface area (Å²) in [5.74, 6) is 2.37. The van der Waals surface area contributed by atoms with Gasteiger partial charge in [0.25, 0.3) is 5.91 Å². The Morgan fingerprint density at radius 3 is 2.53 bits per heavy atom. The number of fused-ring (bicyclic) bond motifs is 1. The first-order chi connectivity index (χ1) is 14.6. The van der Waals surface area contributed by atoms with Crippen LogP contribution in [0.2, 0.25) is 0 Å². The van der Waals surface area contributed by atoms with Crippen LogP contribution < -0.4 is 4.90 Å². The molecule has 0 aromatic carbocycles.